The van der Waals surface area contributed by atoms with Gasteiger partial charge in [0.05, 0.1) is 17.9 Å². The highest BCUT2D eigenvalue weighted by Crippen LogP contribution is 2.77. The maximum absolute atomic E-state index is 14.3. The Bertz CT molecular complexity index is 1720. The molecule has 5 aliphatic carbocycles. The quantitative estimate of drug-likeness (QED) is 0.141. The first-order valence-corrected chi connectivity index (χ1v) is 22.3. The number of ether oxygens (including phenoxy) is 2. The summed E-state index contributed by atoms with van der Waals surface area (Å²) in [6.07, 6.45) is 7.91. The van der Waals surface area contributed by atoms with Gasteiger partial charge in [0.15, 0.2) is 5.78 Å². The second kappa shape index (κ2) is 16.0. The van der Waals surface area contributed by atoms with E-state index in [2.05, 4.69) is 65.5 Å². The molecule has 0 saturated heterocycles. The Labute approximate surface area is 347 Å². The maximum Gasteiger partial charge on any atom is 0.309 e. The Balaban J connectivity index is 1.28. The van der Waals surface area contributed by atoms with Crippen molar-refractivity contribution in [3.8, 4) is 0 Å². The van der Waals surface area contributed by atoms with E-state index >= 15 is 0 Å². The van der Waals surface area contributed by atoms with Gasteiger partial charge in [-0.2, -0.15) is 0 Å². The normalized spacial score (nSPS) is 35.4. The van der Waals surface area contributed by atoms with Gasteiger partial charge in [0, 0.05) is 55.6 Å². The molecule has 9 heteroatoms. The number of aliphatic hydroxyl groups is 1. The molecule has 0 bridgehead atoms. The summed E-state index contributed by atoms with van der Waals surface area (Å²) in [6.45, 7) is 22.3. The zero-order chi connectivity index (χ0) is 41.9. The number of benzene rings is 1. The SMILES string of the molecule is COCCCN(Cc1ccc(Cl)cc1)C[C@@H](O)[C@@]12CC[C@]3(C)[C@H](CC[C@@H]4[C@@]5(C)CC[C@H](OC(=O)CC(C)(C)C(=O)O)C(C)(C)[C@@H]5CC[C@]43C)C1=C(C(C)C)C(=O)C2. The van der Waals surface area contributed by atoms with Crippen molar-refractivity contribution in [3.63, 3.8) is 0 Å². The summed E-state index contributed by atoms with van der Waals surface area (Å²) < 4.78 is 11.6. The molecule has 0 amide bonds. The van der Waals surface area contributed by atoms with Crippen molar-refractivity contribution in [1.29, 1.82) is 0 Å². The molecule has 4 fully saturated rings. The first-order chi connectivity index (χ1) is 26.6. The van der Waals surface area contributed by atoms with E-state index in [1.165, 1.54) is 5.57 Å². The molecule has 0 spiro atoms. The molecule has 5 aliphatic rings. The zero-order valence-electron chi connectivity index (χ0n) is 36.6. The first-order valence-electron chi connectivity index (χ1n) is 21.9. The van der Waals surface area contributed by atoms with Gasteiger partial charge < -0.3 is 19.7 Å². The summed E-state index contributed by atoms with van der Waals surface area (Å²) in [7, 11) is 1.73. The molecule has 0 aliphatic heterocycles. The van der Waals surface area contributed by atoms with Gasteiger partial charge in [0.1, 0.15) is 6.10 Å². The van der Waals surface area contributed by atoms with Gasteiger partial charge in [-0.15, -0.1) is 0 Å². The van der Waals surface area contributed by atoms with Gasteiger partial charge in [-0.25, -0.2) is 0 Å². The second-order valence-corrected chi connectivity index (χ2v) is 21.7. The van der Waals surface area contributed by atoms with E-state index in [0.29, 0.717) is 43.0 Å². The number of Topliss-reactive ketones (excluding diaryl/α,β-unsaturated/α-hetero) is 1. The number of methoxy groups -OCH3 is 1. The fourth-order valence-electron chi connectivity index (χ4n) is 13.8. The summed E-state index contributed by atoms with van der Waals surface area (Å²) >= 11 is 6.23. The zero-order valence-corrected chi connectivity index (χ0v) is 37.4. The highest BCUT2D eigenvalue weighted by atomic mass is 35.5. The topological polar surface area (TPSA) is 113 Å². The molecule has 6 rings (SSSR count). The van der Waals surface area contributed by atoms with Crippen molar-refractivity contribution in [2.75, 3.05) is 26.8 Å². The van der Waals surface area contributed by atoms with Gasteiger partial charge in [-0.3, -0.25) is 19.3 Å². The van der Waals surface area contributed by atoms with E-state index in [0.717, 1.165) is 75.5 Å². The third-order valence-corrected chi connectivity index (χ3v) is 17.3. The Kier molecular flexibility index (Phi) is 12.4. The minimum absolute atomic E-state index is 0.0326. The van der Waals surface area contributed by atoms with Crippen LogP contribution in [0.4, 0.5) is 0 Å². The number of hydrogen-bond acceptors (Lipinski definition) is 7. The third-order valence-electron chi connectivity index (χ3n) is 17.1. The van der Waals surface area contributed by atoms with Crippen molar-refractivity contribution in [2.24, 2.45) is 56.2 Å². The van der Waals surface area contributed by atoms with E-state index in [4.69, 9.17) is 21.1 Å². The van der Waals surface area contributed by atoms with Crippen LogP contribution in [-0.4, -0.2) is 71.8 Å². The van der Waals surface area contributed by atoms with E-state index in [1.54, 1.807) is 21.0 Å². The number of aliphatic carboxylic acids is 1. The number of carboxylic acid groups (broad SMARTS) is 1. The van der Waals surface area contributed by atoms with Gasteiger partial charge in [0.2, 0.25) is 0 Å². The number of carboxylic acids is 1. The maximum atomic E-state index is 14.3. The highest BCUT2D eigenvalue weighted by molar-refractivity contribution is 6.30. The number of nitrogens with zero attached hydrogens (tertiary/aromatic N) is 1. The fourth-order valence-corrected chi connectivity index (χ4v) is 14.0. The predicted octanol–water partition coefficient (Wildman–Crippen LogP) is 9.93. The molecule has 1 aromatic carbocycles. The number of aliphatic hydroxyl groups excluding tert-OH is 1. The lowest BCUT2D eigenvalue weighted by molar-refractivity contribution is -0.235. The third kappa shape index (κ3) is 7.58. The van der Waals surface area contributed by atoms with Crippen LogP contribution in [-0.2, 0) is 30.4 Å². The van der Waals surface area contributed by atoms with Crippen LogP contribution in [0.25, 0.3) is 0 Å². The molecule has 9 atom stereocenters. The van der Waals surface area contributed by atoms with E-state index < -0.39 is 28.9 Å². The average molecular weight is 811 g/mol. The van der Waals surface area contributed by atoms with Crippen LogP contribution in [0.3, 0.4) is 0 Å². The summed E-state index contributed by atoms with van der Waals surface area (Å²) in [5, 5.41) is 23.0. The van der Waals surface area contributed by atoms with Gasteiger partial charge in [-0.1, -0.05) is 77.8 Å². The van der Waals surface area contributed by atoms with Crippen molar-refractivity contribution in [3.05, 3.63) is 46.0 Å². The first kappa shape index (κ1) is 44.3. The summed E-state index contributed by atoms with van der Waals surface area (Å²) in [6, 6.07) is 7.96. The molecule has 2 N–H and O–H groups in total. The number of carbonyl (C=O) groups excluding carboxylic acids is 2. The standard InChI is InChI=1S/C48H72ClNO7/c1-30(2)40-34(51)26-48(37(52)29-50(24-11-25-56-10)28-31-12-14-32(49)15-13-31)23-22-46(8)33(41(40)48)16-17-36-45(7)20-19-38(57-39(53)27-43(3,4)42(54)55)44(5,6)35(45)18-21-47(36,46)9/h12-15,30,33,35-38,52H,11,16-29H2,1-10H3,(H,54,55)/t33-,35+,36-,37-,38+,45+,46-,47-,48+/m1/s1. The van der Waals surface area contributed by atoms with Crippen LogP contribution in [0.5, 0.6) is 0 Å². The highest BCUT2D eigenvalue weighted by Gasteiger charge is 2.71. The van der Waals surface area contributed by atoms with Crippen LogP contribution in [0.1, 0.15) is 139 Å². The predicted molar refractivity (Wildman–Crippen MR) is 225 cm³/mol. The lowest BCUT2D eigenvalue weighted by Crippen LogP contribution is -2.66. The molecule has 4 saturated carbocycles. The largest absolute Gasteiger partial charge is 0.481 e. The van der Waals surface area contributed by atoms with Crippen LogP contribution in [0.2, 0.25) is 5.02 Å². The summed E-state index contributed by atoms with van der Waals surface area (Å²) in [5.74, 6) is -0.0329. The smallest absolute Gasteiger partial charge is 0.309 e. The summed E-state index contributed by atoms with van der Waals surface area (Å²) in [4.78, 5) is 41.6. The minimum Gasteiger partial charge on any atom is -0.481 e. The molecule has 0 aromatic heterocycles. The molecule has 8 nitrogen and oxygen atoms in total. The molecule has 0 radical (unpaired) electrons. The van der Waals surface area contributed by atoms with Crippen molar-refractivity contribution in [2.45, 2.75) is 152 Å². The number of carbonyl (C=O) groups is 3. The number of rotatable bonds is 14. The van der Waals surface area contributed by atoms with Crippen molar-refractivity contribution < 1.29 is 34.1 Å². The fraction of sp³-hybridized carbons (Fsp3) is 0.771. The van der Waals surface area contributed by atoms with E-state index in [1.807, 2.05) is 12.1 Å². The Morgan fingerprint density at radius 3 is 2.26 bits per heavy atom. The number of halogens is 1. The minimum atomic E-state index is -1.17. The number of ketones is 1. The molecule has 0 unspecified atom stereocenters. The number of allylic oxidation sites excluding steroid dienone is 1. The average Bonchev–Trinajstić information content (AvgIpc) is 3.44. The monoisotopic (exact) mass is 809 g/mol. The number of fused-ring (bicyclic) bond motifs is 7. The number of hydrogen-bond donors (Lipinski definition) is 2. The van der Waals surface area contributed by atoms with Gasteiger partial charge in [0.25, 0.3) is 0 Å². The molecular weight excluding hydrogens is 738 g/mol. The summed E-state index contributed by atoms with van der Waals surface area (Å²) in [5.41, 5.74) is 1.48. The lowest BCUT2D eigenvalue weighted by atomic mass is 9.33. The Hall–Kier alpha value is -2.26. The molecule has 57 heavy (non-hydrogen) atoms. The molecule has 1 aromatic rings. The lowest BCUT2D eigenvalue weighted by Gasteiger charge is -2.72. The van der Waals surface area contributed by atoms with Crippen LogP contribution < -0.4 is 0 Å². The molecule has 0 heterocycles. The van der Waals surface area contributed by atoms with Crippen molar-refractivity contribution in [1.82, 2.24) is 4.90 Å². The number of esters is 1. The van der Waals surface area contributed by atoms with E-state index in [-0.39, 0.29) is 51.8 Å². The van der Waals surface area contributed by atoms with Crippen LogP contribution in [0.15, 0.2) is 35.4 Å². The van der Waals surface area contributed by atoms with Crippen LogP contribution >= 0.6 is 11.6 Å². The van der Waals surface area contributed by atoms with Crippen molar-refractivity contribution >= 4 is 29.3 Å². The Morgan fingerprint density at radius 2 is 1.63 bits per heavy atom. The molecular formula is C48H72ClNO7. The second-order valence-electron chi connectivity index (χ2n) is 21.3. The van der Waals surface area contributed by atoms with Gasteiger partial charge >= 0.3 is 11.9 Å². The van der Waals surface area contributed by atoms with E-state index in [9.17, 15) is 24.6 Å². The Morgan fingerprint density at radius 1 is 0.947 bits per heavy atom. The van der Waals surface area contributed by atoms with Gasteiger partial charge in [-0.05, 0) is 135 Å². The molecule has 318 valence electrons. The van der Waals surface area contributed by atoms with Crippen LogP contribution in [0, 0.1) is 56.2 Å².